The maximum Gasteiger partial charge on any atom is 0.216 e. The number of nitrogens with one attached hydrogen (secondary N) is 2. The van der Waals surface area contributed by atoms with Crippen molar-refractivity contribution in [2.24, 2.45) is 4.99 Å². The molecule has 1 atom stereocenters. The molecule has 3 rings (SSSR count). The Morgan fingerprint density at radius 1 is 1.23 bits per heavy atom. The van der Waals surface area contributed by atoms with Crippen LogP contribution in [0.4, 0.5) is 0 Å². The van der Waals surface area contributed by atoms with Crippen LogP contribution in [-0.4, -0.2) is 24.1 Å². The molecule has 0 aliphatic heterocycles. The monoisotopic (exact) mass is 540 g/mol. The lowest BCUT2D eigenvalue weighted by Crippen LogP contribution is -2.38. The molecule has 3 aromatic rings. The van der Waals surface area contributed by atoms with Gasteiger partial charge in [-0.3, -0.25) is 0 Å². The predicted octanol–water partition coefficient (Wildman–Crippen LogP) is 5.55. The van der Waals surface area contributed by atoms with Gasteiger partial charge in [-0.25, -0.2) is 9.98 Å². The molecule has 31 heavy (non-hydrogen) atoms. The summed E-state index contributed by atoms with van der Waals surface area (Å²) in [5.41, 5.74) is 0.688. The van der Waals surface area contributed by atoms with Crippen molar-refractivity contribution in [1.29, 1.82) is 0 Å². The highest BCUT2D eigenvalue weighted by atomic mass is 127. The molecule has 8 heteroatoms. The number of benzene rings is 1. The van der Waals surface area contributed by atoms with Gasteiger partial charge in [-0.15, -0.1) is 24.0 Å². The van der Waals surface area contributed by atoms with Crippen LogP contribution < -0.4 is 15.4 Å². The first-order valence-electron chi connectivity index (χ1n) is 10.5. The molecule has 0 aliphatic rings. The van der Waals surface area contributed by atoms with Crippen molar-refractivity contribution in [2.45, 2.75) is 59.5 Å². The molecule has 0 saturated heterocycles. The Kier molecular flexibility index (Phi) is 8.79. The highest BCUT2D eigenvalue weighted by Gasteiger charge is 2.19. The van der Waals surface area contributed by atoms with E-state index in [9.17, 15) is 0 Å². The Labute approximate surface area is 201 Å². The Hall–Kier alpha value is -2.23. The number of furan rings is 1. The van der Waals surface area contributed by atoms with Gasteiger partial charge in [0.1, 0.15) is 18.1 Å². The minimum atomic E-state index is -0.0839. The number of nitrogens with zero attached hydrogens (tertiary/aromatic N) is 2. The van der Waals surface area contributed by atoms with Gasteiger partial charge in [0.2, 0.25) is 5.89 Å². The highest BCUT2D eigenvalue weighted by Crippen LogP contribution is 2.31. The van der Waals surface area contributed by atoms with Gasteiger partial charge in [0, 0.05) is 17.3 Å². The summed E-state index contributed by atoms with van der Waals surface area (Å²) in [5, 5.41) is 7.66. The van der Waals surface area contributed by atoms with Crippen molar-refractivity contribution >= 4 is 40.9 Å². The quantitative estimate of drug-likeness (QED) is 0.232. The zero-order valence-electron chi connectivity index (χ0n) is 19.1. The van der Waals surface area contributed by atoms with Crippen molar-refractivity contribution in [3.63, 3.8) is 0 Å². The first-order valence-corrected chi connectivity index (χ1v) is 10.5. The maximum atomic E-state index is 6.09. The van der Waals surface area contributed by atoms with Crippen LogP contribution in [0.5, 0.6) is 5.75 Å². The van der Waals surface area contributed by atoms with Gasteiger partial charge in [0.05, 0.1) is 18.8 Å². The number of hydrogen-bond acceptors (Lipinski definition) is 5. The van der Waals surface area contributed by atoms with Crippen molar-refractivity contribution in [3.05, 3.63) is 47.9 Å². The molecule has 170 valence electrons. The average molecular weight is 540 g/mol. The number of fused-ring (bicyclic) bond motifs is 1. The van der Waals surface area contributed by atoms with Crippen LogP contribution in [0.1, 0.15) is 65.0 Å². The molecule has 2 N–H and O–H groups in total. The number of halogens is 1. The SMILES string of the molecule is CCNC(=NCc1ncc(C(C)(C)C)o1)NC(C)c1cc2cccc(OCC)c2o1.I. The van der Waals surface area contributed by atoms with Crippen LogP contribution in [-0.2, 0) is 12.0 Å². The number of aromatic nitrogens is 1. The number of ether oxygens (including phenoxy) is 1. The van der Waals surface area contributed by atoms with Gasteiger partial charge in [0.25, 0.3) is 0 Å². The summed E-state index contributed by atoms with van der Waals surface area (Å²) in [7, 11) is 0. The van der Waals surface area contributed by atoms with E-state index in [1.165, 1.54) is 0 Å². The predicted molar refractivity (Wildman–Crippen MR) is 134 cm³/mol. The van der Waals surface area contributed by atoms with Crippen LogP contribution in [0.2, 0.25) is 0 Å². The first kappa shape index (κ1) is 25.0. The third-order valence-corrected chi connectivity index (χ3v) is 4.62. The molecule has 0 aliphatic carbocycles. The van der Waals surface area contributed by atoms with Gasteiger partial charge in [-0.1, -0.05) is 32.9 Å². The fourth-order valence-electron chi connectivity index (χ4n) is 3.01. The molecule has 0 fully saturated rings. The molecule has 0 saturated carbocycles. The zero-order chi connectivity index (χ0) is 21.7. The van der Waals surface area contributed by atoms with Crippen molar-refractivity contribution in [3.8, 4) is 5.75 Å². The molecule has 2 aromatic heterocycles. The molecule has 0 bridgehead atoms. The molecule has 0 radical (unpaired) electrons. The molecular formula is C23H33IN4O3. The third-order valence-electron chi connectivity index (χ3n) is 4.62. The second-order valence-corrected chi connectivity index (χ2v) is 8.19. The summed E-state index contributed by atoms with van der Waals surface area (Å²) in [5.74, 6) is 3.69. The smallest absolute Gasteiger partial charge is 0.216 e. The van der Waals surface area contributed by atoms with E-state index in [0.717, 1.165) is 34.8 Å². The molecule has 0 spiro atoms. The lowest BCUT2D eigenvalue weighted by molar-refractivity contribution is 0.336. The summed E-state index contributed by atoms with van der Waals surface area (Å²) in [6.07, 6.45) is 1.78. The van der Waals surface area contributed by atoms with E-state index in [0.29, 0.717) is 25.0 Å². The van der Waals surface area contributed by atoms with Gasteiger partial charge < -0.3 is 24.2 Å². The largest absolute Gasteiger partial charge is 0.490 e. The standard InChI is InChI=1S/C23H32N4O3.HI/c1-7-24-22(26-14-20-25-13-19(30-20)23(4,5)6)27-15(3)18-12-16-10-9-11-17(28-8-2)21(16)29-18;/h9-13,15H,7-8,14H2,1-6H3,(H2,24,26,27);1H. The van der Waals surface area contributed by atoms with Crippen LogP contribution in [0.25, 0.3) is 11.0 Å². The van der Waals surface area contributed by atoms with E-state index in [-0.39, 0.29) is 35.4 Å². The second kappa shape index (κ2) is 10.9. The lowest BCUT2D eigenvalue weighted by Gasteiger charge is -2.16. The molecule has 7 nitrogen and oxygen atoms in total. The van der Waals surface area contributed by atoms with E-state index in [1.54, 1.807) is 6.20 Å². The van der Waals surface area contributed by atoms with Gasteiger partial charge in [-0.2, -0.15) is 0 Å². The van der Waals surface area contributed by atoms with Gasteiger partial charge >= 0.3 is 0 Å². The summed E-state index contributed by atoms with van der Waals surface area (Å²) in [6, 6.07) is 7.86. The first-order chi connectivity index (χ1) is 14.3. The fraction of sp³-hybridized carbons (Fsp3) is 0.478. The maximum absolute atomic E-state index is 6.09. The molecule has 1 aromatic carbocycles. The summed E-state index contributed by atoms with van der Waals surface area (Å²) in [6.45, 7) is 14.0. The topological polar surface area (TPSA) is 84.8 Å². The number of aliphatic imine (C=N–C) groups is 1. The number of guanidine groups is 1. The third kappa shape index (κ3) is 6.38. The normalized spacial score (nSPS) is 13.0. The molecule has 0 amide bonds. The van der Waals surface area contributed by atoms with Crippen LogP contribution in [0.15, 0.2) is 44.3 Å². The van der Waals surface area contributed by atoms with Crippen LogP contribution in [0, 0.1) is 0 Å². The Balaban J connectivity index is 0.00000341. The lowest BCUT2D eigenvalue weighted by atomic mass is 9.94. The average Bonchev–Trinajstić information content (AvgIpc) is 3.34. The summed E-state index contributed by atoms with van der Waals surface area (Å²) >= 11 is 0. The minimum absolute atomic E-state index is 0. The molecular weight excluding hydrogens is 507 g/mol. The van der Waals surface area contributed by atoms with E-state index < -0.39 is 0 Å². The van der Waals surface area contributed by atoms with E-state index >= 15 is 0 Å². The van der Waals surface area contributed by atoms with Crippen LogP contribution in [0.3, 0.4) is 0 Å². The zero-order valence-corrected chi connectivity index (χ0v) is 21.4. The fourth-order valence-corrected chi connectivity index (χ4v) is 3.01. The molecule has 1 unspecified atom stereocenters. The van der Waals surface area contributed by atoms with Crippen LogP contribution >= 0.6 is 24.0 Å². The highest BCUT2D eigenvalue weighted by molar-refractivity contribution is 14.0. The Morgan fingerprint density at radius 3 is 2.65 bits per heavy atom. The van der Waals surface area contributed by atoms with E-state index in [1.807, 2.05) is 45.0 Å². The van der Waals surface area contributed by atoms with E-state index in [4.69, 9.17) is 13.6 Å². The van der Waals surface area contributed by atoms with Crippen molar-refractivity contribution < 1.29 is 13.6 Å². The van der Waals surface area contributed by atoms with Gasteiger partial charge in [0.15, 0.2) is 17.3 Å². The van der Waals surface area contributed by atoms with Crippen molar-refractivity contribution in [1.82, 2.24) is 15.6 Å². The summed E-state index contributed by atoms with van der Waals surface area (Å²) in [4.78, 5) is 8.96. The summed E-state index contributed by atoms with van der Waals surface area (Å²) < 4.78 is 17.6. The number of hydrogen-bond donors (Lipinski definition) is 2. The number of rotatable bonds is 7. The van der Waals surface area contributed by atoms with E-state index in [2.05, 4.69) is 41.4 Å². The second-order valence-electron chi connectivity index (χ2n) is 8.19. The van der Waals surface area contributed by atoms with Crippen molar-refractivity contribution in [2.75, 3.05) is 13.2 Å². The Morgan fingerprint density at radius 2 is 2.00 bits per heavy atom. The molecule has 2 heterocycles. The number of oxazole rings is 1. The minimum Gasteiger partial charge on any atom is -0.490 e. The Bertz CT molecular complexity index is 1000. The van der Waals surface area contributed by atoms with Gasteiger partial charge in [-0.05, 0) is 32.9 Å². The number of para-hydroxylation sites is 1.